The van der Waals surface area contributed by atoms with Gasteiger partial charge in [0.15, 0.2) is 0 Å². The molecule has 1 aliphatic heterocycles. The second kappa shape index (κ2) is 9.46. The Labute approximate surface area is 179 Å². The second-order valence-electron chi connectivity index (χ2n) is 7.58. The number of rotatable bonds is 5. The highest BCUT2D eigenvalue weighted by atomic mass is 32.2. The summed E-state index contributed by atoms with van der Waals surface area (Å²) in [5, 5.41) is 0. The summed E-state index contributed by atoms with van der Waals surface area (Å²) < 4.78 is 66.0. The summed E-state index contributed by atoms with van der Waals surface area (Å²) in [6, 6.07) is 5.31. The number of nitrogens with zero attached hydrogens (tertiary/aromatic N) is 3. The van der Waals surface area contributed by atoms with E-state index in [0.29, 0.717) is 0 Å². The van der Waals surface area contributed by atoms with Crippen LogP contribution in [0.1, 0.15) is 42.5 Å². The van der Waals surface area contributed by atoms with Crippen molar-refractivity contribution in [2.45, 2.75) is 48.5 Å². The fraction of sp³-hybridized carbons (Fsp3) is 0.632. The van der Waals surface area contributed by atoms with Crippen LogP contribution < -0.4 is 0 Å². The molecule has 0 unspecified atom stereocenters. The molecule has 3 rings (SSSR count). The Hall–Kier alpha value is -1.30. The summed E-state index contributed by atoms with van der Waals surface area (Å²) >= 11 is -0.229. The summed E-state index contributed by atoms with van der Waals surface area (Å²) in [4.78, 5) is 14.2. The average Bonchev–Trinajstić information content (AvgIpc) is 2.73. The molecule has 0 atom stereocenters. The maximum atomic E-state index is 12.9. The molecule has 1 heterocycles. The molecule has 6 nitrogen and oxygen atoms in total. The zero-order valence-electron chi connectivity index (χ0n) is 16.8. The first-order valence-corrected chi connectivity index (χ1v) is 12.2. The summed E-state index contributed by atoms with van der Waals surface area (Å²) in [6.07, 6.45) is 4.95. The molecular weight excluding hydrogens is 439 g/mol. The van der Waals surface area contributed by atoms with E-state index in [1.165, 1.54) is 32.9 Å². The molecule has 0 aromatic heterocycles. The van der Waals surface area contributed by atoms with Crippen molar-refractivity contribution in [1.82, 2.24) is 13.5 Å². The minimum atomic E-state index is -4.38. The zero-order chi connectivity index (χ0) is 21.9. The Balaban J connectivity index is 1.57. The quantitative estimate of drug-likeness (QED) is 0.624. The van der Waals surface area contributed by atoms with Gasteiger partial charge in [0.25, 0.3) is 16.1 Å². The van der Waals surface area contributed by atoms with Gasteiger partial charge in [0.05, 0.1) is 0 Å². The molecule has 2 aliphatic rings. The van der Waals surface area contributed by atoms with E-state index in [0.717, 1.165) is 32.1 Å². The molecule has 0 bridgehead atoms. The summed E-state index contributed by atoms with van der Waals surface area (Å²) in [7, 11) is -1.95. The first-order chi connectivity index (χ1) is 14.1. The van der Waals surface area contributed by atoms with Crippen molar-refractivity contribution < 1.29 is 26.4 Å². The normalized spacial score (nSPS) is 20.0. The van der Waals surface area contributed by atoms with Crippen LogP contribution in [-0.2, 0) is 10.2 Å². The molecule has 2 fully saturated rings. The van der Waals surface area contributed by atoms with Gasteiger partial charge in [0.1, 0.15) is 0 Å². The van der Waals surface area contributed by atoms with Crippen molar-refractivity contribution in [2.75, 3.05) is 33.2 Å². The van der Waals surface area contributed by atoms with Gasteiger partial charge in [-0.05, 0) is 48.9 Å². The first kappa shape index (κ1) is 23.4. The lowest BCUT2D eigenvalue weighted by molar-refractivity contribution is -0.0328. The minimum Gasteiger partial charge on any atom is -0.336 e. The molecule has 1 amide bonds. The molecule has 0 N–H and O–H groups in total. The Morgan fingerprint density at radius 2 is 1.60 bits per heavy atom. The topological polar surface area (TPSA) is 60.9 Å². The SMILES string of the molecule is CN(C1CCCCC1)S(=O)(=O)N1CCN(C(=O)c2ccc(SC(F)(F)F)cc2)CC1. The highest BCUT2D eigenvalue weighted by Gasteiger charge is 2.35. The monoisotopic (exact) mass is 465 g/mol. The van der Waals surface area contributed by atoms with Gasteiger partial charge in [0, 0.05) is 49.7 Å². The number of thioether (sulfide) groups is 1. The van der Waals surface area contributed by atoms with E-state index in [1.54, 1.807) is 11.9 Å². The first-order valence-electron chi connectivity index (χ1n) is 9.96. The van der Waals surface area contributed by atoms with Crippen molar-refractivity contribution in [2.24, 2.45) is 0 Å². The lowest BCUT2D eigenvalue weighted by Crippen LogP contribution is -2.55. The van der Waals surface area contributed by atoms with Crippen LogP contribution in [0.5, 0.6) is 0 Å². The van der Waals surface area contributed by atoms with Crippen LogP contribution in [0.3, 0.4) is 0 Å². The molecule has 1 aliphatic carbocycles. The number of alkyl halides is 3. The lowest BCUT2D eigenvalue weighted by atomic mass is 9.96. The number of benzene rings is 1. The number of carbonyl (C=O) groups excluding carboxylic acids is 1. The van der Waals surface area contributed by atoms with Crippen molar-refractivity contribution in [3.05, 3.63) is 29.8 Å². The standard InChI is InChI=1S/C19H26F3N3O3S2/c1-23(16-5-3-2-4-6-16)30(27,28)25-13-11-24(12-14-25)18(26)15-7-9-17(10-8-15)29-19(20,21)22/h7-10,16H,2-6,11-14H2,1H3. The second-order valence-corrected chi connectivity index (χ2v) is 10.7. The van der Waals surface area contributed by atoms with E-state index in [1.807, 2.05) is 0 Å². The van der Waals surface area contributed by atoms with E-state index < -0.39 is 15.7 Å². The molecular formula is C19H26F3N3O3S2. The lowest BCUT2D eigenvalue weighted by Gasteiger charge is -2.38. The third-order valence-corrected chi connectivity index (χ3v) is 8.42. The number of amides is 1. The molecule has 0 spiro atoms. The van der Waals surface area contributed by atoms with E-state index in [-0.39, 0.29) is 60.3 Å². The van der Waals surface area contributed by atoms with Crippen LogP contribution in [-0.4, -0.2) is 72.6 Å². The molecule has 1 aromatic rings. The van der Waals surface area contributed by atoms with Crippen LogP contribution in [0.4, 0.5) is 13.2 Å². The highest BCUT2D eigenvalue weighted by Crippen LogP contribution is 2.36. The zero-order valence-corrected chi connectivity index (χ0v) is 18.4. The van der Waals surface area contributed by atoms with Gasteiger partial charge in [-0.2, -0.15) is 30.2 Å². The minimum absolute atomic E-state index is 0.0145. The van der Waals surface area contributed by atoms with Crippen molar-refractivity contribution in [3.63, 3.8) is 0 Å². The van der Waals surface area contributed by atoms with Gasteiger partial charge >= 0.3 is 5.51 Å². The largest absolute Gasteiger partial charge is 0.446 e. The average molecular weight is 466 g/mol. The van der Waals surface area contributed by atoms with Crippen LogP contribution >= 0.6 is 11.8 Å². The number of carbonyl (C=O) groups is 1. The summed E-state index contributed by atoms with van der Waals surface area (Å²) in [5.74, 6) is -0.309. The van der Waals surface area contributed by atoms with E-state index in [4.69, 9.17) is 0 Å². The Morgan fingerprint density at radius 1 is 1.03 bits per heavy atom. The highest BCUT2D eigenvalue weighted by molar-refractivity contribution is 8.00. The third kappa shape index (κ3) is 5.68. The van der Waals surface area contributed by atoms with Gasteiger partial charge in [-0.3, -0.25) is 4.79 Å². The molecule has 1 saturated carbocycles. The van der Waals surface area contributed by atoms with Gasteiger partial charge in [-0.25, -0.2) is 0 Å². The number of hydrogen-bond donors (Lipinski definition) is 0. The Bertz CT molecular complexity index is 833. The molecule has 30 heavy (non-hydrogen) atoms. The Kier molecular flexibility index (Phi) is 7.36. The number of halogens is 3. The van der Waals surface area contributed by atoms with E-state index in [9.17, 15) is 26.4 Å². The fourth-order valence-corrected chi connectivity index (χ4v) is 6.03. The Morgan fingerprint density at radius 3 is 2.13 bits per heavy atom. The summed E-state index contributed by atoms with van der Waals surface area (Å²) in [5.41, 5.74) is -4.09. The number of piperazine rings is 1. The number of hydrogen-bond acceptors (Lipinski definition) is 4. The molecule has 1 saturated heterocycles. The maximum absolute atomic E-state index is 12.9. The van der Waals surface area contributed by atoms with Gasteiger partial charge in [-0.1, -0.05) is 19.3 Å². The van der Waals surface area contributed by atoms with Crippen LogP contribution in [0.15, 0.2) is 29.2 Å². The van der Waals surface area contributed by atoms with Crippen LogP contribution in [0.25, 0.3) is 0 Å². The maximum Gasteiger partial charge on any atom is 0.446 e. The predicted octanol–water partition coefficient (Wildman–Crippen LogP) is 3.57. The van der Waals surface area contributed by atoms with Gasteiger partial charge in [-0.15, -0.1) is 0 Å². The molecule has 11 heteroatoms. The van der Waals surface area contributed by atoms with Crippen LogP contribution in [0, 0.1) is 0 Å². The fourth-order valence-electron chi connectivity index (χ4n) is 3.92. The van der Waals surface area contributed by atoms with E-state index in [2.05, 4.69) is 0 Å². The predicted molar refractivity (Wildman–Crippen MR) is 109 cm³/mol. The molecule has 168 valence electrons. The van der Waals surface area contributed by atoms with E-state index >= 15 is 0 Å². The van der Waals surface area contributed by atoms with Gasteiger partial charge in [0.2, 0.25) is 0 Å². The van der Waals surface area contributed by atoms with Crippen molar-refractivity contribution in [1.29, 1.82) is 0 Å². The van der Waals surface area contributed by atoms with Gasteiger partial charge < -0.3 is 4.90 Å². The van der Waals surface area contributed by atoms with Crippen molar-refractivity contribution >= 4 is 27.9 Å². The molecule has 1 aromatic carbocycles. The smallest absolute Gasteiger partial charge is 0.336 e. The molecule has 0 radical (unpaired) electrons. The summed E-state index contributed by atoms with van der Waals surface area (Å²) in [6.45, 7) is 0.894. The third-order valence-electron chi connectivity index (χ3n) is 5.64. The van der Waals surface area contributed by atoms with Crippen LogP contribution in [0.2, 0.25) is 0 Å². The van der Waals surface area contributed by atoms with Crippen molar-refractivity contribution in [3.8, 4) is 0 Å².